The lowest BCUT2D eigenvalue weighted by molar-refractivity contribution is 0.0994. The molecule has 0 saturated carbocycles. The molecule has 100 valence electrons. The number of rotatable bonds is 2. The highest BCUT2D eigenvalue weighted by Crippen LogP contribution is 2.23. The number of aromatic amines is 1. The molecule has 1 heterocycles. The van der Waals surface area contributed by atoms with Gasteiger partial charge in [-0.1, -0.05) is 6.07 Å². The number of H-pyrrole nitrogens is 1. The molecule has 2 N–H and O–H groups in total. The van der Waals surface area contributed by atoms with E-state index in [0.29, 0.717) is 5.56 Å². The normalized spacial score (nSPS) is 10.7. The van der Waals surface area contributed by atoms with Gasteiger partial charge >= 0.3 is 0 Å². The summed E-state index contributed by atoms with van der Waals surface area (Å²) < 4.78 is 0. The van der Waals surface area contributed by atoms with Gasteiger partial charge in [-0.2, -0.15) is 0 Å². The van der Waals surface area contributed by atoms with Crippen LogP contribution in [0.1, 0.15) is 10.4 Å². The van der Waals surface area contributed by atoms with Crippen molar-refractivity contribution in [1.82, 2.24) is 4.98 Å². The zero-order valence-electron chi connectivity index (χ0n) is 11.0. The number of hydrogen-bond acceptors (Lipinski definition) is 2. The van der Waals surface area contributed by atoms with Crippen LogP contribution in [0.4, 0.5) is 5.69 Å². The molecule has 2 aromatic carbocycles. The van der Waals surface area contributed by atoms with Crippen LogP contribution >= 0.6 is 0 Å². The van der Waals surface area contributed by atoms with E-state index in [4.69, 9.17) is 0 Å². The molecule has 0 unspecified atom stereocenters. The zero-order valence-corrected chi connectivity index (χ0v) is 11.0. The lowest BCUT2D eigenvalue weighted by Crippen LogP contribution is -2.26. The fourth-order valence-corrected chi connectivity index (χ4v) is 2.25. The molecule has 20 heavy (non-hydrogen) atoms. The van der Waals surface area contributed by atoms with Crippen LogP contribution < -0.4 is 4.90 Å². The number of carbonyl (C=O) groups is 1. The highest BCUT2D eigenvalue weighted by atomic mass is 16.3. The van der Waals surface area contributed by atoms with Crippen molar-refractivity contribution >= 4 is 22.5 Å². The summed E-state index contributed by atoms with van der Waals surface area (Å²) in [6.45, 7) is 0. The number of aromatic nitrogens is 1. The van der Waals surface area contributed by atoms with E-state index in [1.54, 1.807) is 36.2 Å². The van der Waals surface area contributed by atoms with Gasteiger partial charge in [0.2, 0.25) is 0 Å². The number of phenolic OH excluding ortho intramolecular Hbond substituents is 1. The minimum Gasteiger partial charge on any atom is -0.508 e. The summed E-state index contributed by atoms with van der Waals surface area (Å²) in [4.78, 5) is 17.3. The maximum atomic E-state index is 12.6. The molecule has 0 saturated heterocycles. The van der Waals surface area contributed by atoms with Crippen LogP contribution in [0.25, 0.3) is 10.9 Å². The molecule has 0 fully saturated rings. The van der Waals surface area contributed by atoms with Gasteiger partial charge in [-0.05, 0) is 42.5 Å². The molecule has 3 rings (SSSR count). The molecular weight excluding hydrogens is 252 g/mol. The van der Waals surface area contributed by atoms with E-state index < -0.39 is 0 Å². The molecule has 0 aliphatic heterocycles. The van der Waals surface area contributed by atoms with Crippen molar-refractivity contribution in [2.45, 2.75) is 0 Å². The summed E-state index contributed by atoms with van der Waals surface area (Å²) in [6, 6.07) is 14.1. The standard InChI is InChI=1S/C16H14N2O2/c1-18(11-5-7-12(19)8-6-11)16(20)14-3-2-4-15-13(14)9-10-17-15/h2-10,17,19H,1H3. The summed E-state index contributed by atoms with van der Waals surface area (Å²) in [5, 5.41) is 10.2. The third kappa shape index (κ3) is 2.01. The molecule has 0 bridgehead atoms. The number of benzene rings is 2. The Labute approximate surface area is 116 Å². The minimum atomic E-state index is -0.0825. The van der Waals surface area contributed by atoms with Gasteiger partial charge in [-0.15, -0.1) is 0 Å². The van der Waals surface area contributed by atoms with Crippen LogP contribution in [0.2, 0.25) is 0 Å². The maximum absolute atomic E-state index is 12.6. The van der Waals surface area contributed by atoms with Crippen LogP contribution in [-0.2, 0) is 0 Å². The van der Waals surface area contributed by atoms with Crippen LogP contribution in [-0.4, -0.2) is 23.0 Å². The number of nitrogens with zero attached hydrogens (tertiary/aromatic N) is 1. The first kappa shape index (κ1) is 12.3. The molecule has 0 aliphatic carbocycles. The Bertz CT molecular complexity index is 760. The first-order valence-corrected chi connectivity index (χ1v) is 6.30. The van der Waals surface area contributed by atoms with Crippen molar-refractivity contribution in [2.75, 3.05) is 11.9 Å². The highest BCUT2D eigenvalue weighted by Gasteiger charge is 2.16. The Morgan fingerprint density at radius 2 is 1.85 bits per heavy atom. The predicted molar refractivity (Wildman–Crippen MR) is 79.1 cm³/mol. The highest BCUT2D eigenvalue weighted by molar-refractivity contribution is 6.13. The molecule has 0 aliphatic rings. The topological polar surface area (TPSA) is 56.3 Å². The van der Waals surface area contributed by atoms with Gasteiger partial charge in [0, 0.05) is 35.4 Å². The van der Waals surface area contributed by atoms with Crippen LogP contribution in [0, 0.1) is 0 Å². The van der Waals surface area contributed by atoms with Crippen molar-refractivity contribution in [3.8, 4) is 5.75 Å². The van der Waals surface area contributed by atoms with Gasteiger partial charge in [0.15, 0.2) is 0 Å². The Kier molecular flexibility index (Phi) is 2.91. The lowest BCUT2D eigenvalue weighted by atomic mass is 10.1. The molecule has 4 heteroatoms. The fourth-order valence-electron chi connectivity index (χ4n) is 2.25. The lowest BCUT2D eigenvalue weighted by Gasteiger charge is -2.18. The van der Waals surface area contributed by atoms with E-state index in [9.17, 15) is 9.90 Å². The van der Waals surface area contributed by atoms with E-state index in [0.717, 1.165) is 16.6 Å². The summed E-state index contributed by atoms with van der Waals surface area (Å²) in [6.07, 6.45) is 1.82. The molecule has 4 nitrogen and oxygen atoms in total. The molecule has 0 atom stereocenters. The van der Waals surface area contributed by atoms with Gasteiger partial charge in [-0.3, -0.25) is 4.79 Å². The smallest absolute Gasteiger partial charge is 0.258 e. The summed E-state index contributed by atoms with van der Waals surface area (Å²) in [5.74, 6) is 0.100. The average Bonchev–Trinajstić information content (AvgIpc) is 2.95. The molecule has 0 radical (unpaired) electrons. The Hall–Kier alpha value is -2.75. The Morgan fingerprint density at radius 1 is 1.10 bits per heavy atom. The third-order valence-electron chi connectivity index (χ3n) is 3.37. The second-order valence-corrected chi connectivity index (χ2v) is 4.63. The molecule has 1 amide bonds. The quantitative estimate of drug-likeness (QED) is 0.748. The minimum absolute atomic E-state index is 0.0825. The first-order chi connectivity index (χ1) is 9.66. The van der Waals surface area contributed by atoms with Crippen molar-refractivity contribution in [3.63, 3.8) is 0 Å². The van der Waals surface area contributed by atoms with Gasteiger partial charge in [0.1, 0.15) is 5.75 Å². The molecule has 0 spiro atoms. The first-order valence-electron chi connectivity index (χ1n) is 6.30. The number of amides is 1. The summed E-state index contributed by atoms with van der Waals surface area (Å²) >= 11 is 0. The van der Waals surface area contributed by atoms with Gasteiger partial charge in [-0.25, -0.2) is 0 Å². The molecular formula is C16H14N2O2. The molecule has 3 aromatic rings. The van der Waals surface area contributed by atoms with Crippen molar-refractivity contribution in [3.05, 3.63) is 60.3 Å². The maximum Gasteiger partial charge on any atom is 0.258 e. The van der Waals surface area contributed by atoms with E-state index in [-0.39, 0.29) is 11.7 Å². The van der Waals surface area contributed by atoms with Gasteiger partial charge < -0.3 is 15.0 Å². The van der Waals surface area contributed by atoms with Crippen molar-refractivity contribution in [2.24, 2.45) is 0 Å². The van der Waals surface area contributed by atoms with E-state index in [1.165, 1.54) is 0 Å². The zero-order chi connectivity index (χ0) is 14.1. The Balaban J connectivity index is 1.99. The van der Waals surface area contributed by atoms with Crippen LogP contribution in [0.15, 0.2) is 54.7 Å². The van der Waals surface area contributed by atoms with Crippen molar-refractivity contribution < 1.29 is 9.90 Å². The number of carbonyl (C=O) groups excluding carboxylic acids is 1. The van der Waals surface area contributed by atoms with E-state index >= 15 is 0 Å². The second kappa shape index (κ2) is 4.74. The van der Waals surface area contributed by atoms with Crippen LogP contribution in [0.3, 0.4) is 0 Å². The fraction of sp³-hybridized carbons (Fsp3) is 0.0625. The number of aromatic hydroxyl groups is 1. The summed E-state index contributed by atoms with van der Waals surface area (Å²) in [5.41, 5.74) is 2.33. The van der Waals surface area contributed by atoms with E-state index in [1.807, 2.05) is 30.5 Å². The van der Waals surface area contributed by atoms with Gasteiger partial charge in [0.05, 0.1) is 0 Å². The number of phenols is 1. The number of anilines is 1. The van der Waals surface area contributed by atoms with Gasteiger partial charge in [0.25, 0.3) is 5.91 Å². The largest absolute Gasteiger partial charge is 0.508 e. The predicted octanol–water partition coefficient (Wildman–Crippen LogP) is 3.15. The third-order valence-corrected chi connectivity index (χ3v) is 3.37. The monoisotopic (exact) mass is 266 g/mol. The number of nitrogens with one attached hydrogen (secondary N) is 1. The second-order valence-electron chi connectivity index (χ2n) is 4.63. The van der Waals surface area contributed by atoms with Crippen molar-refractivity contribution in [1.29, 1.82) is 0 Å². The SMILES string of the molecule is CN(C(=O)c1cccc2[nH]ccc12)c1ccc(O)cc1. The number of fused-ring (bicyclic) bond motifs is 1. The van der Waals surface area contributed by atoms with Crippen LogP contribution in [0.5, 0.6) is 5.75 Å². The average molecular weight is 266 g/mol. The summed E-state index contributed by atoms with van der Waals surface area (Å²) in [7, 11) is 1.72. The number of hydrogen-bond donors (Lipinski definition) is 2. The Morgan fingerprint density at radius 3 is 2.60 bits per heavy atom. The molecule has 1 aromatic heterocycles. The van der Waals surface area contributed by atoms with E-state index in [2.05, 4.69) is 4.98 Å².